The number of sulfonamides is 1. The lowest BCUT2D eigenvalue weighted by atomic mass is 10.1. The van der Waals surface area contributed by atoms with Crippen molar-refractivity contribution in [2.24, 2.45) is 0 Å². The van der Waals surface area contributed by atoms with Gasteiger partial charge in [-0.15, -0.1) is 0 Å². The monoisotopic (exact) mass is 374 g/mol. The number of nitrogens with one attached hydrogen (secondary N) is 1. The fraction of sp³-hybridized carbons (Fsp3) is 0.350. The van der Waals surface area contributed by atoms with Gasteiger partial charge in [0.1, 0.15) is 0 Å². The number of benzene rings is 2. The van der Waals surface area contributed by atoms with E-state index in [0.717, 1.165) is 11.1 Å². The van der Waals surface area contributed by atoms with Gasteiger partial charge in [-0.1, -0.05) is 48.0 Å². The van der Waals surface area contributed by atoms with E-state index in [2.05, 4.69) is 4.72 Å². The Morgan fingerprint density at radius 2 is 1.62 bits per heavy atom. The Labute approximate surface area is 156 Å². The lowest BCUT2D eigenvalue weighted by Gasteiger charge is -2.21. The molecule has 5 nitrogen and oxygen atoms in total. The van der Waals surface area contributed by atoms with E-state index >= 15 is 0 Å². The van der Waals surface area contributed by atoms with Crippen LogP contribution in [0.5, 0.6) is 0 Å². The smallest absolute Gasteiger partial charge is 0.241 e. The average molecular weight is 375 g/mol. The van der Waals surface area contributed by atoms with Crippen LogP contribution in [-0.4, -0.2) is 32.3 Å². The SMILES string of the molecule is CCN(Cc1ccccc1)C(=O)CNS(=O)(=O)c1c(C)cc(C)cc1C. The minimum Gasteiger partial charge on any atom is -0.338 e. The minimum absolute atomic E-state index is 0.248. The molecule has 0 atom stereocenters. The van der Waals surface area contributed by atoms with Gasteiger partial charge in [-0.25, -0.2) is 13.1 Å². The molecule has 0 bridgehead atoms. The van der Waals surface area contributed by atoms with Gasteiger partial charge in [0.2, 0.25) is 15.9 Å². The highest BCUT2D eigenvalue weighted by atomic mass is 32.2. The Hall–Kier alpha value is -2.18. The third kappa shape index (κ3) is 4.93. The first-order valence-corrected chi connectivity index (χ1v) is 10.1. The molecule has 0 unspecified atom stereocenters. The van der Waals surface area contributed by atoms with Gasteiger partial charge in [0, 0.05) is 13.1 Å². The molecule has 2 rings (SSSR count). The Bertz CT molecular complexity index is 854. The van der Waals surface area contributed by atoms with Crippen molar-refractivity contribution in [3.63, 3.8) is 0 Å². The Morgan fingerprint density at radius 3 is 2.15 bits per heavy atom. The number of likely N-dealkylation sites (N-methyl/N-ethyl adjacent to an activating group) is 1. The molecule has 2 aromatic carbocycles. The van der Waals surface area contributed by atoms with Crippen molar-refractivity contribution in [3.05, 3.63) is 64.7 Å². The molecule has 0 aromatic heterocycles. The van der Waals surface area contributed by atoms with Crippen LogP contribution in [0.15, 0.2) is 47.4 Å². The van der Waals surface area contributed by atoms with E-state index in [1.165, 1.54) is 0 Å². The van der Waals surface area contributed by atoms with Gasteiger partial charge >= 0.3 is 0 Å². The zero-order chi connectivity index (χ0) is 19.3. The van der Waals surface area contributed by atoms with Crippen molar-refractivity contribution < 1.29 is 13.2 Å². The van der Waals surface area contributed by atoms with Crippen LogP contribution in [0.3, 0.4) is 0 Å². The number of rotatable bonds is 7. The van der Waals surface area contributed by atoms with Gasteiger partial charge in [0.05, 0.1) is 11.4 Å². The largest absolute Gasteiger partial charge is 0.338 e. The average Bonchev–Trinajstić information content (AvgIpc) is 2.57. The van der Waals surface area contributed by atoms with Crippen molar-refractivity contribution in [1.29, 1.82) is 0 Å². The summed E-state index contributed by atoms with van der Waals surface area (Å²) in [4.78, 5) is 14.4. The number of hydrogen-bond donors (Lipinski definition) is 1. The van der Waals surface area contributed by atoms with Crippen molar-refractivity contribution in [2.45, 2.75) is 39.1 Å². The maximum absolute atomic E-state index is 12.7. The second-order valence-corrected chi connectivity index (χ2v) is 8.15. The molecule has 1 N–H and O–H groups in total. The fourth-order valence-corrected chi connectivity index (χ4v) is 4.53. The summed E-state index contributed by atoms with van der Waals surface area (Å²) in [6.45, 7) is 8.06. The van der Waals surface area contributed by atoms with Gasteiger partial charge in [-0.2, -0.15) is 0 Å². The van der Waals surface area contributed by atoms with Gasteiger partial charge < -0.3 is 4.90 Å². The third-order valence-corrected chi connectivity index (χ3v) is 5.94. The van der Waals surface area contributed by atoms with Crippen molar-refractivity contribution >= 4 is 15.9 Å². The van der Waals surface area contributed by atoms with E-state index in [9.17, 15) is 13.2 Å². The minimum atomic E-state index is -3.75. The van der Waals surface area contributed by atoms with E-state index < -0.39 is 10.0 Å². The van der Waals surface area contributed by atoms with Crippen LogP contribution in [0.1, 0.15) is 29.2 Å². The summed E-state index contributed by atoms with van der Waals surface area (Å²) < 4.78 is 27.8. The predicted molar refractivity (Wildman–Crippen MR) is 103 cm³/mol. The van der Waals surface area contributed by atoms with Gasteiger partial charge in [-0.3, -0.25) is 4.79 Å². The lowest BCUT2D eigenvalue weighted by Crippen LogP contribution is -2.40. The molecule has 0 saturated heterocycles. The molecule has 6 heteroatoms. The Morgan fingerprint density at radius 1 is 1.04 bits per heavy atom. The zero-order valence-corrected chi connectivity index (χ0v) is 16.6. The summed E-state index contributed by atoms with van der Waals surface area (Å²) in [5.74, 6) is -0.248. The van der Waals surface area contributed by atoms with Crippen molar-refractivity contribution in [1.82, 2.24) is 9.62 Å². The summed E-state index contributed by atoms with van der Waals surface area (Å²) in [7, 11) is -3.75. The first kappa shape index (κ1) is 20.1. The lowest BCUT2D eigenvalue weighted by molar-refractivity contribution is -0.130. The van der Waals surface area contributed by atoms with E-state index in [0.29, 0.717) is 24.2 Å². The number of carbonyl (C=O) groups is 1. The van der Waals surface area contributed by atoms with Gasteiger partial charge in [0.15, 0.2) is 0 Å². The molecule has 0 aliphatic heterocycles. The summed E-state index contributed by atoms with van der Waals surface area (Å²) in [6, 6.07) is 13.3. The van der Waals surface area contributed by atoms with Crippen LogP contribution in [0.2, 0.25) is 0 Å². The zero-order valence-electron chi connectivity index (χ0n) is 15.7. The number of amides is 1. The summed E-state index contributed by atoms with van der Waals surface area (Å²) >= 11 is 0. The Balaban J connectivity index is 2.10. The maximum Gasteiger partial charge on any atom is 0.241 e. The highest BCUT2D eigenvalue weighted by Crippen LogP contribution is 2.21. The second-order valence-electron chi connectivity index (χ2n) is 6.45. The topological polar surface area (TPSA) is 66.5 Å². The van der Waals surface area contributed by atoms with E-state index in [-0.39, 0.29) is 17.3 Å². The highest BCUT2D eigenvalue weighted by molar-refractivity contribution is 7.89. The molecule has 0 spiro atoms. The van der Waals surface area contributed by atoms with Crippen molar-refractivity contribution in [3.8, 4) is 0 Å². The highest BCUT2D eigenvalue weighted by Gasteiger charge is 2.22. The summed E-state index contributed by atoms with van der Waals surface area (Å²) in [5, 5.41) is 0. The molecule has 140 valence electrons. The molecule has 0 heterocycles. The normalized spacial score (nSPS) is 11.4. The number of carbonyl (C=O) groups excluding carboxylic acids is 1. The van der Waals surface area contributed by atoms with Crippen LogP contribution >= 0.6 is 0 Å². The molecule has 0 fully saturated rings. The standard InChI is InChI=1S/C20H26N2O3S/c1-5-22(14-18-9-7-6-8-10-18)19(23)13-21-26(24,25)20-16(3)11-15(2)12-17(20)4/h6-12,21H,5,13-14H2,1-4H3. The number of hydrogen-bond acceptors (Lipinski definition) is 3. The molecule has 0 radical (unpaired) electrons. The first-order valence-electron chi connectivity index (χ1n) is 8.63. The summed E-state index contributed by atoms with van der Waals surface area (Å²) in [5.41, 5.74) is 3.38. The quantitative estimate of drug-likeness (QED) is 0.810. The Kier molecular flexibility index (Phi) is 6.56. The molecule has 26 heavy (non-hydrogen) atoms. The molecular formula is C20H26N2O3S. The van der Waals surface area contributed by atoms with Crippen LogP contribution in [0, 0.1) is 20.8 Å². The third-order valence-electron chi connectivity index (χ3n) is 4.24. The van der Waals surface area contributed by atoms with Crippen LogP contribution in [0.25, 0.3) is 0 Å². The second kappa shape index (κ2) is 8.47. The predicted octanol–water partition coefficient (Wildman–Crippen LogP) is 2.94. The van der Waals surface area contributed by atoms with E-state index in [4.69, 9.17) is 0 Å². The number of aryl methyl sites for hydroxylation is 3. The molecule has 1 amide bonds. The molecule has 0 aliphatic carbocycles. The van der Waals surface area contributed by atoms with Gasteiger partial charge in [0.25, 0.3) is 0 Å². The van der Waals surface area contributed by atoms with Gasteiger partial charge in [-0.05, 0) is 44.4 Å². The fourth-order valence-electron chi connectivity index (χ4n) is 3.11. The first-order chi connectivity index (χ1) is 12.2. The number of nitrogens with zero attached hydrogens (tertiary/aromatic N) is 1. The molecule has 2 aromatic rings. The van der Waals surface area contributed by atoms with Crippen molar-refractivity contribution in [2.75, 3.05) is 13.1 Å². The summed E-state index contributed by atoms with van der Waals surface area (Å²) in [6.07, 6.45) is 0. The van der Waals surface area contributed by atoms with E-state index in [1.54, 1.807) is 18.7 Å². The molecular weight excluding hydrogens is 348 g/mol. The maximum atomic E-state index is 12.7. The van der Waals surface area contributed by atoms with E-state index in [1.807, 2.05) is 56.3 Å². The molecule has 0 aliphatic rings. The van der Waals surface area contributed by atoms with Crippen LogP contribution < -0.4 is 4.72 Å². The van der Waals surface area contributed by atoms with Crippen LogP contribution in [0.4, 0.5) is 0 Å². The van der Waals surface area contributed by atoms with Crippen LogP contribution in [-0.2, 0) is 21.4 Å². The molecule has 0 saturated carbocycles.